The molecule has 2 aliphatic carbocycles. The quantitative estimate of drug-likeness (QED) is 0.339. The van der Waals surface area contributed by atoms with Crippen LogP contribution in [0.15, 0.2) is 4.79 Å². The molecule has 2 atom stereocenters. The zero-order valence-electron chi connectivity index (χ0n) is 24.9. The molecule has 8 nitrogen and oxygen atoms in total. The molecular weight excluding hydrogens is 516 g/mol. The van der Waals surface area contributed by atoms with E-state index in [2.05, 4.69) is 58.4 Å². The first-order valence-electron chi connectivity index (χ1n) is 14.4. The summed E-state index contributed by atoms with van der Waals surface area (Å²) in [6, 6.07) is 0.0465. The van der Waals surface area contributed by atoms with Gasteiger partial charge < -0.3 is 15.2 Å². The van der Waals surface area contributed by atoms with Crippen LogP contribution in [0.2, 0.25) is 0 Å². The van der Waals surface area contributed by atoms with Crippen molar-refractivity contribution < 1.29 is 14.3 Å². The van der Waals surface area contributed by atoms with Crippen LogP contribution in [-0.4, -0.2) is 38.9 Å². The van der Waals surface area contributed by atoms with Crippen LogP contribution in [-0.2, 0) is 11.3 Å². The zero-order chi connectivity index (χ0) is 28.9. The van der Waals surface area contributed by atoms with Crippen molar-refractivity contribution >= 4 is 23.2 Å². The van der Waals surface area contributed by atoms with E-state index in [1.807, 2.05) is 0 Å². The van der Waals surface area contributed by atoms with E-state index < -0.39 is 11.7 Å². The van der Waals surface area contributed by atoms with Gasteiger partial charge in [0.25, 0.3) is 6.01 Å². The van der Waals surface area contributed by atoms with Gasteiger partial charge in [0.15, 0.2) is 5.65 Å². The Labute approximate surface area is 237 Å². The highest BCUT2D eigenvalue weighted by atomic mass is 35.5. The number of hydrogen-bond donors (Lipinski definition) is 2. The average Bonchev–Trinajstić information content (AvgIpc) is 3.18. The number of nitrogens with zero attached hydrogens (tertiary/aromatic N) is 2. The fourth-order valence-corrected chi connectivity index (χ4v) is 7.30. The molecule has 2 heterocycles. The van der Waals surface area contributed by atoms with Crippen molar-refractivity contribution in [2.75, 3.05) is 7.11 Å². The van der Waals surface area contributed by atoms with Gasteiger partial charge in [0.05, 0.1) is 7.11 Å². The van der Waals surface area contributed by atoms with Gasteiger partial charge in [0.2, 0.25) is 0 Å². The number of nitrogens with one attached hydrogen (secondary N) is 1. The molecule has 0 saturated heterocycles. The molecule has 9 heteroatoms. The minimum absolute atomic E-state index is 0.0383. The molecular formula is C30H47ClN4O4. The molecule has 2 fully saturated rings. The molecule has 3 N–H and O–H groups in total. The summed E-state index contributed by atoms with van der Waals surface area (Å²) >= 11 is 6.44. The Morgan fingerprint density at radius 1 is 1.08 bits per heavy atom. The smallest absolute Gasteiger partial charge is 0.342 e. The maximum atomic E-state index is 14.4. The lowest BCUT2D eigenvalue weighted by molar-refractivity contribution is -0.0923. The number of halogens is 1. The van der Waals surface area contributed by atoms with Crippen molar-refractivity contribution in [3.05, 3.63) is 27.3 Å². The minimum atomic E-state index is -0.435. The summed E-state index contributed by atoms with van der Waals surface area (Å²) in [5.41, 5.74) is 7.69. The fraction of sp³-hybridized carbons (Fsp3) is 0.767. The summed E-state index contributed by atoms with van der Waals surface area (Å²) in [4.78, 5) is 34.8. The van der Waals surface area contributed by atoms with Crippen molar-refractivity contribution in [3.63, 3.8) is 0 Å². The number of aromatic amines is 1. The first-order valence-corrected chi connectivity index (χ1v) is 14.9. The SMILES string of the molecule is COc1nc2c(C(=O)OC3C(C(C)(C)C)CC(C)CC3C(C)(C)C)c(C3CCC(Cl)CC3)c(CN)n2c(=O)[nH]1. The van der Waals surface area contributed by atoms with Gasteiger partial charge in [-0.05, 0) is 66.8 Å². The number of nitrogens with two attached hydrogens (primary N) is 1. The van der Waals surface area contributed by atoms with Crippen LogP contribution in [0.5, 0.6) is 6.01 Å². The second kappa shape index (κ2) is 11.1. The number of carbonyl (C=O) groups excluding carboxylic acids is 1. The number of alkyl halides is 1. The second-order valence-corrected chi connectivity index (χ2v) is 14.6. The molecule has 0 spiro atoms. The van der Waals surface area contributed by atoms with E-state index >= 15 is 0 Å². The van der Waals surface area contributed by atoms with E-state index in [-0.39, 0.29) is 58.3 Å². The summed E-state index contributed by atoms with van der Waals surface area (Å²) < 4.78 is 13.3. The molecule has 2 aromatic rings. The minimum Gasteiger partial charge on any atom is -0.468 e. The Kier molecular flexibility index (Phi) is 8.49. The van der Waals surface area contributed by atoms with Gasteiger partial charge in [-0.2, -0.15) is 4.98 Å². The van der Waals surface area contributed by atoms with Gasteiger partial charge in [-0.1, -0.05) is 48.5 Å². The molecule has 0 aromatic carbocycles. The van der Waals surface area contributed by atoms with Crippen LogP contribution < -0.4 is 16.2 Å². The Hall–Kier alpha value is -2.06. The molecule has 2 aliphatic rings. The number of carbonyl (C=O) groups is 1. The number of esters is 1. The lowest BCUT2D eigenvalue weighted by Gasteiger charge is -2.50. The average molecular weight is 563 g/mol. The summed E-state index contributed by atoms with van der Waals surface area (Å²) in [5, 5.41) is 0.112. The molecule has 0 bridgehead atoms. The van der Waals surface area contributed by atoms with Crippen LogP contribution in [0.1, 0.15) is 115 Å². The Morgan fingerprint density at radius 2 is 1.64 bits per heavy atom. The van der Waals surface area contributed by atoms with Crippen LogP contribution in [0.4, 0.5) is 0 Å². The Balaban J connectivity index is 1.89. The van der Waals surface area contributed by atoms with E-state index in [1.165, 1.54) is 11.5 Å². The number of rotatable bonds is 5. The van der Waals surface area contributed by atoms with Gasteiger partial charge >= 0.3 is 11.7 Å². The monoisotopic (exact) mass is 562 g/mol. The zero-order valence-corrected chi connectivity index (χ0v) is 25.7. The third kappa shape index (κ3) is 5.88. The van der Waals surface area contributed by atoms with Crippen LogP contribution in [0.3, 0.4) is 0 Å². The van der Waals surface area contributed by atoms with Crippen molar-refractivity contribution in [1.29, 1.82) is 0 Å². The van der Waals surface area contributed by atoms with Crippen LogP contribution in [0.25, 0.3) is 5.65 Å². The maximum absolute atomic E-state index is 14.4. The van der Waals surface area contributed by atoms with Crippen molar-refractivity contribution in [1.82, 2.24) is 14.4 Å². The molecule has 218 valence electrons. The molecule has 4 rings (SSSR count). The van der Waals surface area contributed by atoms with E-state index in [9.17, 15) is 9.59 Å². The van der Waals surface area contributed by atoms with Crippen LogP contribution >= 0.6 is 11.6 Å². The van der Waals surface area contributed by atoms with Gasteiger partial charge in [0, 0.05) is 29.5 Å². The van der Waals surface area contributed by atoms with E-state index in [4.69, 9.17) is 26.8 Å². The summed E-state index contributed by atoms with van der Waals surface area (Å²) in [6.07, 6.45) is 5.02. The topological polar surface area (TPSA) is 112 Å². The molecule has 39 heavy (non-hydrogen) atoms. The second-order valence-electron chi connectivity index (χ2n) is 14.0. The van der Waals surface area contributed by atoms with Gasteiger partial charge in [-0.25, -0.2) is 14.0 Å². The fourth-order valence-electron chi connectivity index (χ4n) is 7.05. The molecule has 2 aromatic heterocycles. The van der Waals surface area contributed by atoms with E-state index in [1.54, 1.807) is 0 Å². The molecule has 2 unspecified atom stereocenters. The van der Waals surface area contributed by atoms with Gasteiger partial charge in [0.1, 0.15) is 11.7 Å². The number of ether oxygens (including phenoxy) is 2. The first-order chi connectivity index (χ1) is 18.2. The molecule has 0 amide bonds. The summed E-state index contributed by atoms with van der Waals surface area (Å²) in [6.45, 7) is 15.8. The predicted octanol–water partition coefficient (Wildman–Crippen LogP) is 6.03. The highest BCUT2D eigenvalue weighted by molar-refractivity contribution is 6.20. The van der Waals surface area contributed by atoms with Gasteiger partial charge in [-0.3, -0.25) is 4.98 Å². The summed E-state index contributed by atoms with van der Waals surface area (Å²) in [7, 11) is 1.44. The number of aromatic nitrogens is 3. The first kappa shape index (κ1) is 29.9. The Morgan fingerprint density at radius 3 is 2.13 bits per heavy atom. The molecule has 0 radical (unpaired) electrons. The molecule has 2 saturated carbocycles. The summed E-state index contributed by atoms with van der Waals surface area (Å²) in [5.74, 6) is 0.532. The van der Waals surface area contributed by atoms with E-state index in [0.717, 1.165) is 44.1 Å². The maximum Gasteiger partial charge on any atom is 0.342 e. The van der Waals surface area contributed by atoms with Crippen LogP contribution in [0, 0.1) is 28.6 Å². The predicted molar refractivity (Wildman–Crippen MR) is 155 cm³/mol. The van der Waals surface area contributed by atoms with Crippen molar-refractivity contribution in [2.45, 2.75) is 111 Å². The highest BCUT2D eigenvalue weighted by Gasteiger charge is 2.48. The number of H-pyrrole nitrogens is 1. The number of methoxy groups -OCH3 is 1. The third-order valence-electron chi connectivity index (χ3n) is 9.14. The van der Waals surface area contributed by atoms with E-state index in [0.29, 0.717) is 17.2 Å². The Bertz CT molecular complexity index is 1220. The number of hydrogen-bond acceptors (Lipinski definition) is 6. The molecule has 0 aliphatic heterocycles. The number of fused-ring (bicyclic) bond motifs is 1. The van der Waals surface area contributed by atoms with Crippen molar-refractivity contribution in [2.24, 2.45) is 34.3 Å². The standard InChI is InChI=1S/C30H47ClN4O4/c1-16-13-19(29(2,3)4)24(20(14-16)30(5,6)7)39-26(36)23-22(17-9-11-18(31)12-10-17)21(15-32)35-25(23)33-27(38-8)34-28(35)37/h16-20,24H,9-15,32H2,1-8H3,(H,33,34,37). The van der Waals surface area contributed by atoms with Gasteiger partial charge in [-0.15, -0.1) is 11.6 Å². The normalized spacial score (nSPS) is 28.5. The largest absolute Gasteiger partial charge is 0.468 e. The lowest BCUT2D eigenvalue weighted by atomic mass is 9.59. The van der Waals surface area contributed by atoms with Crippen molar-refractivity contribution in [3.8, 4) is 6.01 Å². The highest BCUT2D eigenvalue weighted by Crippen LogP contribution is 2.50. The lowest BCUT2D eigenvalue weighted by Crippen LogP contribution is -2.49. The third-order valence-corrected chi connectivity index (χ3v) is 9.58.